The number of nitrogens with one attached hydrogen (secondary N) is 1. The zero-order valence-electron chi connectivity index (χ0n) is 8.70. The lowest BCUT2D eigenvalue weighted by atomic mass is 10.2. The monoisotopic (exact) mass is 192 g/mol. The second-order valence-corrected chi connectivity index (χ2v) is 3.83. The summed E-state index contributed by atoms with van der Waals surface area (Å²) >= 11 is 0. The zero-order chi connectivity index (χ0) is 9.97. The molecule has 1 N–H and O–H groups in total. The quantitative estimate of drug-likeness (QED) is 0.697. The fraction of sp³-hybridized carbons (Fsp3) is 0.600. The summed E-state index contributed by atoms with van der Waals surface area (Å²) in [6, 6.07) is 2.21. The molecule has 1 saturated heterocycles. The van der Waals surface area contributed by atoms with Crippen molar-refractivity contribution in [3.63, 3.8) is 0 Å². The van der Waals surface area contributed by atoms with Crippen LogP contribution >= 0.6 is 0 Å². The minimum absolute atomic E-state index is 0.286. The normalized spacial score (nSPS) is 23.7. The molecule has 1 fully saturated rings. The molecular formula is C10H16N4. The third-order valence-corrected chi connectivity index (χ3v) is 2.50. The Hall–Kier alpha value is -1.00. The molecule has 1 unspecified atom stereocenters. The van der Waals surface area contributed by atoms with E-state index in [1.807, 2.05) is 19.2 Å². The molecular weight excluding hydrogens is 176 g/mol. The van der Waals surface area contributed by atoms with Gasteiger partial charge in [0.05, 0.1) is 6.04 Å². The molecule has 0 amide bonds. The maximum absolute atomic E-state index is 4.43. The molecule has 1 aliphatic rings. The van der Waals surface area contributed by atoms with Crippen molar-refractivity contribution in [1.29, 1.82) is 0 Å². The van der Waals surface area contributed by atoms with Crippen LogP contribution in [0.3, 0.4) is 0 Å². The first-order valence-corrected chi connectivity index (χ1v) is 4.97. The van der Waals surface area contributed by atoms with Crippen molar-refractivity contribution < 1.29 is 0 Å². The molecule has 1 aromatic heterocycles. The number of rotatable bonds is 1. The van der Waals surface area contributed by atoms with Gasteiger partial charge in [-0.2, -0.15) is 0 Å². The van der Waals surface area contributed by atoms with Crippen molar-refractivity contribution in [2.45, 2.75) is 13.0 Å². The number of nitrogens with zero attached hydrogens (tertiary/aromatic N) is 3. The average molecular weight is 192 g/mol. The summed E-state index contributed by atoms with van der Waals surface area (Å²) in [6.07, 6.45) is 1.83. The smallest absolute Gasteiger partial charge is 0.146 e. The van der Waals surface area contributed by atoms with Gasteiger partial charge >= 0.3 is 0 Å². The van der Waals surface area contributed by atoms with Crippen molar-refractivity contribution in [2.75, 3.05) is 26.7 Å². The Kier molecular flexibility index (Phi) is 2.74. The van der Waals surface area contributed by atoms with Gasteiger partial charge in [0.15, 0.2) is 0 Å². The number of aromatic nitrogens is 2. The Bertz CT molecular complexity index is 313. The van der Waals surface area contributed by atoms with Crippen LogP contribution in [0.4, 0.5) is 0 Å². The summed E-state index contributed by atoms with van der Waals surface area (Å²) in [4.78, 5) is 11.0. The molecule has 4 nitrogen and oxygen atoms in total. The molecule has 2 heterocycles. The fourth-order valence-electron chi connectivity index (χ4n) is 1.71. The van der Waals surface area contributed by atoms with Gasteiger partial charge in [-0.15, -0.1) is 0 Å². The van der Waals surface area contributed by atoms with Crippen LogP contribution in [0, 0.1) is 6.92 Å². The van der Waals surface area contributed by atoms with Gasteiger partial charge in [0.25, 0.3) is 0 Å². The molecule has 0 aromatic carbocycles. The fourth-order valence-corrected chi connectivity index (χ4v) is 1.71. The molecule has 0 spiro atoms. The van der Waals surface area contributed by atoms with Gasteiger partial charge in [0, 0.05) is 31.5 Å². The van der Waals surface area contributed by atoms with Crippen molar-refractivity contribution >= 4 is 0 Å². The first-order valence-electron chi connectivity index (χ1n) is 4.97. The molecule has 0 radical (unpaired) electrons. The molecule has 0 saturated carbocycles. The number of likely N-dealkylation sites (N-methyl/N-ethyl adjacent to an activating group) is 1. The van der Waals surface area contributed by atoms with Crippen molar-refractivity contribution in [2.24, 2.45) is 0 Å². The van der Waals surface area contributed by atoms with E-state index in [0.29, 0.717) is 0 Å². The van der Waals surface area contributed by atoms with Crippen molar-refractivity contribution in [1.82, 2.24) is 20.2 Å². The molecule has 0 bridgehead atoms. The number of hydrogen-bond acceptors (Lipinski definition) is 4. The number of hydrogen-bond donors (Lipinski definition) is 1. The third kappa shape index (κ3) is 2.08. The van der Waals surface area contributed by atoms with Crippen LogP contribution in [0.1, 0.15) is 17.6 Å². The summed E-state index contributed by atoms with van der Waals surface area (Å²) in [5.41, 5.74) is 1.03. The van der Waals surface area contributed by atoms with E-state index in [-0.39, 0.29) is 6.04 Å². The Labute approximate surface area is 84.4 Å². The topological polar surface area (TPSA) is 41.1 Å². The summed E-state index contributed by atoms with van der Waals surface area (Å²) in [5.74, 6) is 0.913. The van der Waals surface area contributed by atoms with Crippen molar-refractivity contribution in [3.8, 4) is 0 Å². The maximum atomic E-state index is 4.43. The summed E-state index contributed by atoms with van der Waals surface area (Å²) in [6.45, 7) is 5.10. The molecule has 76 valence electrons. The average Bonchev–Trinajstić information content (AvgIpc) is 2.18. The third-order valence-electron chi connectivity index (χ3n) is 2.50. The highest BCUT2D eigenvalue weighted by Gasteiger charge is 2.20. The Morgan fingerprint density at radius 3 is 3.14 bits per heavy atom. The van der Waals surface area contributed by atoms with Gasteiger partial charge in [0.2, 0.25) is 0 Å². The molecule has 1 atom stereocenters. The van der Waals surface area contributed by atoms with E-state index in [1.165, 1.54) is 0 Å². The Balaban J connectivity index is 2.14. The Morgan fingerprint density at radius 1 is 1.57 bits per heavy atom. The van der Waals surface area contributed by atoms with Crippen LogP contribution in [-0.4, -0.2) is 41.5 Å². The zero-order valence-corrected chi connectivity index (χ0v) is 8.70. The highest BCUT2D eigenvalue weighted by molar-refractivity contribution is 5.04. The van der Waals surface area contributed by atoms with Gasteiger partial charge in [0.1, 0.15) is 5.82 Å². The van der Waals surface area contributed by atoms with E-state index in [1.54, 1.807) is 0 Å². The van der Waals surface area contributed by atoms with Crippen LogP contribution in [0.2, 0.25) is 0 Å². The minimum atomic E-state index is 0.286. The van der Waals surface area contributed by atoms with E-state index < -0.39 is 0 Å². The number of aryl methyl sites for hydroxylation is 1. The molecule has 1 aromatic rings. The molecule has 4 heteroatoms. The second-order valence-electron chi connectivity index (χ2n) is 3.83. The van der Waals surface area contributed by atoms with Crippen LogP contribution < -0.4 is 5.32 Å². The SMILES string of the molecule is Cc1ccnc(C2CN(C)CCN2)n1. The first kappa shape index (κ1) is 9.55. The first-order chi connectivity index (χ1) is 6.75. The lowest BCUT2D eigenvalue weighted by molar-refractivity contribution is 0.235. The van der Waals surface area contributed by atoms with E-state index in [0.717, 1.165) is 31.2 Å². The van der Waals surface area contributed by atoms with E-state index >= 15 is 0 Å². The lowest BCUT2D eigenvalue weighted by Crippen LogP contribution is -2.44. The molecule has 2 rings (SSSR count). The highest BCUT2D eigenvalue weighted by Crippen LogP contribution is 2.11. The lowest BCUT2D eigenvalue weighted by Gasteiger charge is -2.29. The predicted octanol–water partition coefficient (Wildman–Crippen LogP) is 0.361. The summed E-state index contributed by atoms with van der Waals surface area (Å²) in [7, 11) is 2.13. The van der Waals surface area contributed by atoms with E-state index in [9.17, 15) is 0 Å². The molecule has 1 aliphatic heterocycles. The van der Waals surface area contributed by atoms with E-state index in [2.05, 4.69) is 27.2 Å². The highest BCUT2D eigenvalue weighted by atomic mass is 15.2. The standard InChI is InChI=1S/C10H16N4/c1-8-3-4-12-10(13-8)9-7-14(2)6-5-11-9/h3-4,9,11H,5-7H2,1-2H3. The van der Waals surface area contributed by atoms with Crippen LogP contribution in [0.5, 0.6) is 0 Å². The predicted molar refractivity (Wildman–Crippen MR) is 55.0 cm³/mol. The largest absolute Gasteiger partial charge is 0.305 e. The van der Waals surface area contributed by atoms with Crippen LogP contribution in [-0.2, 0) is 0 Å². The van der Waals surface area contributed by atoms with Gasteiger partial charge in [-0.3, -0.25) is 0 Å². The second kappa shape index (κ2) is 4.02. The molecule has 0 aliphatic carbocycles. The van der Waals surface area contributed by atoms with Crippen LogP contribution in [0.15, 0.2) is 12.3 Å². The van der Waals surface area contributed by atoms with Crippen molar-refractivity contribution in [3.05, 3.63) is 23.8 Å². The molecule has 14 heavy (non-hydrogen) atoms. The number of piperazine rings is 1. The van der Waals surface area contributed by atoms with Gasteiger partial charge in [-0.25, -0.2) is 9.97 Å². The summed E-state index contributed by atoms with van der Waals surface area (Å²) < 4.78 is 0. The van der Waals surface area contributed by atoms with Gasteiger partial charge in [-0.05, 0) is 20.0 Å². The maximum Gasteiger partial charge on any atom is 0.146 e. The minimum Gasteiger partial charge on any atom is -0.305 e. The van der Waals surface area contributed by atoms with Crippen LogP contribution in [0.25, 0.3) is 0 Å². The summed E-state index contributed by atoms with van der Waals surface area (Å²) in [5, 5.41) is 3.43. The van der Waals surface area contributed by atoms with E-state index in [4.69, 9.17) is 0 Å². The van der Waals surface area contributed by atoms with Gasteiger partial charge in [-0.1, -0.05) is 0 Å². The Morgan fingerprint density at radius 2 is 2.43 bits per heavy atom. The van der Waals surface area contributed by atoms with Gasteiger partial charge < -0.3 is 10.2 Å².